The van der Waals surface area contributed by atoms with E-state index in [4.69, 9.17) is 52.1 Å². The van der Waals surface area contributed by atoms with Gasteiger partial charge in [0.1, 0.15) is 6.10 Å². The van der Waals surface area contributed by atoms with Gasteiger partial charge in [-0.05, 0) is 58.8 Å². The maximum Gasteiger partial charge on any atom is 0.338 e. The zero-order valence-electron chi connectivity index (χ0n) is 39.1. The van der Waals surface area contributed by atoms with E-state index < -0.39 is 77.8 Å². The molecule has 7 fully saturated rings. The summed E-state index contributed by atoms with van der Waals surface area (Å²) in [5.41, 5.74) is -0.881. The van der Waals surface area contributed by atoms with E-state index in [1.165, 1.54) is 7.11 Å². The van der Waals surface area contributed by atoms with Crippen molar-refractivity contribution < 1.29 is 77.3 Å². The summed E-state index contributed by atoms with van der Waals surface area (Å²) in [6.45, 7) is 17.8. The van der Waals surface area contributed by atoms with Crippen molar-refractivity contribution in [2.75, 3.05) is 21.3 Å². The first-order valence-corrected chi connectivity index (χ1v) is 23.4. The SMILES string of the molecule is COC1[C@H](C)[C@H](C[C@@H]2C[C@@H](OC)[C@@H](C)[C@]3(O2)OC(C)([C@@H]2O[C@H]([C@H]4CC[C@H]([C@H]5O[C@](C)(O)[C@H](C)C[C@@H]5C)O4)C[C@H]2O[C@H]2CC[C@H](OC)[C@@H](C)O2)C[C@H]3C)O[C@](O)([C@@H](O)C(=O)O)[C@H]1C. The smallest absolute Gasteiger partial charge is 0.338 e. The second kappa shape index (κ2) is 18.5. The van der Waals surface area contributed by atoms with Crippen LogP contribution in [0.4, 0.5) is 0 Å². The first-order valence-electron chi connectivity index (χ1n) is 23.4. The molecule has 0 aromatic heterocycles. The summed E-state index contributed by atoms with van der Waals surface area (Å²) in [7, 11) is 4.90. The van der Waals surface area contributed by atoms with Gasteiger partial charge in [-0.1, -0.05) is 41.5 Å². The molecule has 24 atom stereocenters. The molecular formula is C46H78O16. The van der Waals surface area contributed by atoms with Gasteiger partial charge in [-0.3, -0.25) is 0 Å². The van der Waals surface area contributed by atoms with Crippen LogP contribution in [0.15, 0.2) is 0 Å². The van der Waals surface area contributed by atoms with E-state index in [1.54, 1.807) is 28.1 Å². The number of hydrogen-bond acceptors (Lipinski definition) is 15. The van der Waals surface area contributed by atoms with Gasteiger partial charge in [0, 0.05) is 76.6 Å². The Balaban J connectivity index is 1.12. The van der Waals surface area contributed by atoms with Gasteiger partial charge in [-0.25, -0.2) is 4.79 Å². The Morgan fingerprint density at radius 2 is 1.44 bits per heavy atom. The molecule has 0 radical (unpaired) electrons. The minimum absolute atomic E-state index is 0.0139. The number of carboxylic acids is 1. The molecule has 7 aliphatic rings. The first kappa shape index (κ1) is 48.8. The maximum atomic E-state index is 12.0. The summed E-state index contributed by atoms with van der Waals surface area (Å²) in [6, 6.07) is 0. The van der Waals surface area contributed by atoms with Gasteiger partial charge in [-0.2, -0.15) is 0 Å². The van der Waals surface area contributed by atoms with Crippen molar-refractivity contribution in [3.8, 4) is 0 Å². The molecule has 4 N–H and O–H groups in total. The predicted octanol–water partition coefficient (Wildman–Crippen LogP) is 4.55. The van der Waals surface area contributed by atoms with E-state index in [0.717, 1.165) is 25.7 Å². The van der Waals surface area contributed by atoms with Gasteiger partial charge >= 0.3 is 5.97 Å². The lowest BCUT2D eigenvalue weighted by Gasteiger charge is -2.53. The Morgan fingerprint density at radius 3 is 2.08 bits per heavy atom. The van der Waals surface area contributed by atoms with E-state index >= 15 is 0 Å². The molecule has 16 nitrogen and oxygen atoms in total. The number of carboxylic acid groups (broad SMARTS) is 1. The molecule has 7 rings (SSSR count). The zero-order chi connectivity index (χ0) is 45.3. The number of rotatable bonds is 12. The summed E-state index contributed by atoms with van der Waals surface area (Å²) in [4.78, 5) is 12.0. The molecule has 16 heteroatoms. The topological polar surface area (TPSA) is 200 Å². The van der Waals surface area contributed by atoms with Crippen LogP contribution in [-0.2, 0) is 56.9 Å². The van der Waals surface area contributed by atoms with Gasteiger partial charge in [0.05, 0.1) is 72.7 Å². The predicted molar refractivity (Wildman–Crippen MR) is 222 cm³/mol. The molecule has 0 bridgehead atoms. The lowest BCUT2D eigenvalue weighted by molar-refractivity contribution is -0.369. The third-order valence-corrected chi connectivity index (χ3v) is 16.5. The lowest BCUT2D eigenvalue weighted by atomic mass is 9.75. The Labute approximate surface area is 368 Å². The number of aliphatic hydroxyl groups is 3. The number of aliphatic hydroxyl groups excluding tert-OH is 1. The standard InChI is InChI=1S/C46H78O16/c1-22-17-23(2)44(9,50)61-38(22)32-14-13-31(56-32)35-20-36(57-37-16-15-30(52-10)28(7)55-37)41(58-35)43(8)21-24(3)46(62-43)26(5)34(53-11)19-29(59-46)18-33-25(4)39(54-12)27(6)45(51,60-33)40(47)42(48)49/h22-41,47,50-51H,13-21H2,1-12H3,(H,48,49)/t22-,23+,24+,25+,26+,27-,28+,29+,30-,31+,32+,33-,34+,35-,36+,37-,38-,39?,40-,41+,43?,44-,45-,46+/m0/s1. The second-order valence-corrected chi connectivity index (χ2v) is 20.7. The fourth-order valence-electron chi connectivity index (χ4n) is 12.7. The summed E-state index contributed by atoms with van der Waals surface area (Å²) < 4.78 is 71.9. The zero-order valence-corrected chi connectivity index (χ0v) is 39.1. The lowest BCUT2D eigenvalue weighted by Crippen LogP contribution is -2.65. The fourth-order valence-corrected chi connectivity index (χ4v) is 12.7. The average molecular weight is 887 g/mol. The van der Waals surface area contributed by atoms with E-state index in [0.29, 0.717) is 25.7 Å². The van der Waals surface area contributed by atoms with Crippen LogP contribution in [0.2, 0.25) is 0 Å². The van der Waals surface area contributed by atoms with Gasteiger partial charge in [0.15, 0.2) is 17.9 Å². The van der Waals surface area contributed by atoms with Gasteiger partial charge in [-0.15, -0.1) is 0 Å². The van der Waals surface area contributed by atoms with Crippen molar-refractivity contribution >= 4 is 5.97 Å². The molecule has 7 aliphatic heterocycles. The molecule has 0 aromatic rings. The second-order valence-electron chi connectivity index (χ2n) is 20.7. The molecule has 0 saturated carbocycles. The number of aliphatic carboxylic acids is 1. The molecule has 7 saturated heterocycles. The van der Waals surface area contributed by atoms with Crippen LogP contribution >= 0.6 is 0 Å². The van der Waals surface area contributed by atoms with Crippen molar-refractivity contribution in [1.82, 2.24) is 0 Å². The minimum atomic E-state index is -2.39. The highest BCUT2D eigenvalue weighted by Gasteiger charge is 2.66. The minimum Gasteiger partial charge on any atom is -0.479 e. The molecular weight excluding hydrogens is 808 g/mol. The van der Waals surface area contributed by atoms with Gasteiger partial charge in [0.25, 0.3) is 0 Å². The molecule has 358 valence electrons. The van der Waals surface area contributed by atoms with E-state index in [2.05, 4.69) is 27.7 Å². The van der Waals surface area contributed by atoms with Crippen molar-refractivity contribution in [3.63, 3.8) is 0 Å². The number of carbonyl (C=O) groups is 1. The van der Waals surface area contributed by atoms with Crippen LogP contribution in [0.1, 0.15) is 120 Å². The van der Waals surface area contributed by atoms with Crippen LogP contribution in [0.3, 0.4) is 0 Å². The quantitative estimate of drug-likeness (QED) is 0.213. The molecule has 0 aliphatic carbocycles. The van der Waals surface area contributed by atoms with Crippen LogP contribution < -0.4 is 0 Å². The monoisotopic (exact) mass is 887 g/mol. The fraction of sp³-hybridized carbons (Fsp3) is 0.978. The Kier molecular flexibility index (Phi) is 14.6. The molecule has 2 unspecified atom stereocenters. The molecule has 62 heavy (non-hydrogen) atoms. The first-order chi connectivity index (χ1) is 29.1. The third-order valence-electron chi connectivity index (χ3n) is 16.5. The van der Waals surface area contributed by atoms with Crippen LogP contribution in [0, 0.1) is 35.5 Å². The summed E-state index contributed by atoms with van der Waals surface area (Å²) in [5.74, 6) is -7.53. The summed E-state index contributed by atoms with van der Waals surface area (Å²) in [5, 5.41) is 43.1. The maximum absolute atomic E-state index is 12.0. The van der Waals surface area contributed by atoms with E-state index in [9.17, 15) is 25.2 Å². The molecule has 1 spiro atoms. The third kappa shape index (κ3) is 8.91. The number of methoxy groups -OCH3 is 3. The molecule has 0 aromatic carbocycles. The van der Waals surface area contributed by atoms with E-state index in [-0.39, 0.29) is 78.7 Å². The van der Waals surface area contributed by atoms with Crippen LogP contribution in [-0.4, -0.2) is 156 Å². The Hall–Kier alpha value is -1.09. The van der Waals surface area contributed by atoms with Gasteiger partial charge < -0.3 is 72.5 Å². The van der Waals surface area contributed by atoms with E-state index in [1.807, 2.05) is 20.8 Å². The van der Waals surface area contributed by atoms with Crippen LogP contribution in [0.5, 0.6) is 0 Å². The van der Waals surface area contributed by atoms with Crippen molar-refractivity contribution in [2.24, 2.45) is 35.5 Å². The summed E-state index contributed by atoms with van der Waals surface area (Å²) >= 11 is 0. The molecule has 0 amide bonds. The van der Waals surface area contributed by atoms with Crippen molar-refractivity contribution in [1.29, 1.82) is 0 Å². The van der Waals surface area contributed by atoms with Crippen molar-refractivity contribution in [2.45, 2.75) is 229 Å². The highest BCUT2D eigenvalue weighted by molar-refractivity contribution is 5.73. The Bertz CT molecular complexity index is 1530. The van der Waals surface area contributed by atoms with Crippen molar-refractivity contribution in [3.05, 3.63) is 0 Å². The number of ether oxygens (including phenoxy) is 11. The van der Waals surface area contributed by atoms with Gasteiger partial charge in [0.2, 0.25) is 11.9 Å². The summed E-state index contributed by atoms with van der Waals surface area (Å²) in [6.07, 6.45) is -0.906. The molecule has 7 heterocycles. The average Bonchev–Trinajstić information content (AvgIpc) is 3.94. The normalized spacial score (nSPS) is 54.2. The number of hydrogen-bond donors (Lipinski definition) is 4. The highest BCUT2D eigenvalue weighted by atomic mass is 16.7. The highest BCUT2D eigenvalue weighted by Crippen LogP contribution is 2.56. The largest absolute Gasteiger partial charge is 0.479 e. The Morgan fingerprint density at radius 1 is 0.742 bits per heavy atom. The van der Waals surface area contributed by atoms with Crippen LogP contribution in [0.25, 0.3) is 0 Å².